The van der Waals surface area contributed by atoms with Crippen molar-refractivity contribution in [1.29, 1.82) is 0 Å². The molecule has 1 saturated carbocycles. The molecule has 1 aromatic heterocycles. The number of nitrogens with zero attached hydrogens (tertiary/aromatic N) is 3. The van der Waals surface area contributed by atoms with Crippen LogP contribution in [0.2, 0.25) is 0 Å². The monoisotopic (exact) mass is 760 g/mol. The number of hydrogen-bond acceptors (Lipinski definition) is 6. The van der Waals surface area contributed by atoms with E-state index < -0.39 is 11.9 Å². The van der Waals surface area contributed by atoms with Crippen molar-refractivity contribution in [1.82, 2.24) is 9.80 Å². The van der Waals surface area contributed by atoms with Crippen molar-refractivity contribution in [2.45, 2.75) is 126 Å². The molecule has 1 aliphatic carbocycles. The summed E-state index contributed by atoms with van der Waals surface area (Å²) in [7, 11) is 2.20. The van der Waals surface area contributed by atoms with Gasteiger partial charge in [0.05, 0.1) is 12.0 Å². The molecule has 0 bridgehead atoms. The van der Waals surface area contributed by atoms with Crippen LogP contribution in [0.15, 0.2) is 29.6 Å². The molecule has 46 heavy (non-hydrogen) atoms. The SMILES string of the molecule is C=[N+]1C(=O)CC[C@H](N2Cc3c(csc3COc3ccc(CN(C)CCCCCCCC(I)CCC4CCCCC4)cc3)C2=O)C1=O. The lowest BCUT2D eigenvalue weighted by atomic mass is 9.85. The van der Waals surface area contributed by atoms with Crippen molar-refractivity contribution < 1.29 is 23.7 Å². The van der Waals surface area contributed by atoms with Gasteiger partial charge in [-0.25, -0.2) is 9.59 Å². The molecule has 0 radical (unpaired) electrons. The molecular formula is C37H51IN3O4S+. The lowest BCUT2D eigenvalue weighted by Crippen LogP contribution is -2.50. The average molecular weight is 761 g/mol. The van der Waals surface area contributed by atoms with Crippen LogP contribution in [0.25, 0.3) is 0 Å². The van der Waals surface area contributed by atoms with Gasteiger partial charge in [0.25, 0.3) is 5.91 Å². The van der Waals surface area contributed by atoms with E-state index in [1.54, 1.807) is 4.90 Å². The number of benzene rings is 1. The van der Waals surface area contributed by atoms with Crippen molar-refractivity contribution in [2.24, 2.45) is 5.92 Å². The Bertz CT molecular complexity index is 1350. The van der Waals surface area contributed by atoms with E-state index >= 15 is 0 Å². The number of carbonyl (C=O) groups excluding carboxylic acids is 3. The van der Waals surface area contributed by atoms with E-state index in [9.17, 15) is 14.4 Å². The van der Waals surface area contributed by atoms with E-state index in [4.69, 9.17) is 4.74 Å². The Morgan fingerprint density at radius 2 is 1.76 bits per heavy atom. The van der Waals surface area contributed by atoms with Gasteiger partial charge in [-0.1, -0.05) is 92.5 Å². The molecule has 3 aliphatic rings. The molecule has 2 aromatic rings. The third kappa shape index (κ3) is 9.49. The molecule has 2 aliphatic heterocycles. The highest BCUT2D eigenvalue weighted by Gasteiger charge is 2.46. The quantitative estimate of drug-likeness (QED) is 0.0536. The fourth-order valence-corrected chi connectivity index (χ4v) is 8.95. The van der Waals surface area contributed by atoms with Crippen LogP contribution in [-0.2, 0) is 29.3 Å². The van der Waals surface area contributed by atoms with E-state index in [1.807, 2.05) is 17.5 Å². The maximum Gasteiger partial charge on any atom is 0.417 e. The van der Waals surface area contributed by atoms with Crippen LogP contribution in [0.3, 0.4) is 0 Å². The van der Waals surface area contributed by atoms with Crippen molar-refractivity contribution in [3.05, 3.63) is 51.2 Å². The van der Waals surface area contributed by atoms with Crippen LogP contribution in [0.5, 0.6) is 5.75 Å². The summed E-state index contributed by atoms with van der Waals surface area (Å²) in [5, 5.41) is 1.86. The summed E-state index contributed by atoms with van der Waals surface area (Å²) in [5.41, 5.74) is 2.83. The minimum Gasteiger partial charge on any atom is -0.488 e. The molecule has 3 heterocycles. The first-order valence-corrected chi connectivity index (χ1v) is 19.5. The number of ether oxygens (including phenoxy) is 1. The molecule has 0 N–H and O–H groups in total. The number of imide groups is 1. The number of rotatable bonds is 17. The standard InChI is InChI=1S/C37H51IN3O4S/c1-39(22-10-5-3-4-9-13-29(38)17-14-27-11-7-6-8-12-27)23-28-15-18-30(19-16-28)45-25-34-31-24-41(36(43)32(31)26-46-34)33-20-21-35(42)40(2)37(33)44/h15-16,18-19,26-27,29,33H,2-14,17,20-25H2,1H3/q+1/t29?,33-/m0/s1. The van der Waals surface area contributed by atoms with Gasteiger partial charge in [-0.05, 0) is 69.3 Å². The molecule has 1 saturated heterocycles. The highest BCUT2D eigenvalue weighted by Crippen LogP contribution is 2.35. The van der Waals surface area contributed by atoms with Gasteiger partial charge in [0.1, 0.15) is 19.1 Å². The Balaban J connectivity index is 0.953. The number of alkyl halides is 1. The Morgan fingerprint density at radius 1 is 1.02 bits per heavy atom. The summed E-state index contributed by atoms with van der Waals surface area (Å²) in [6.45, 7) is 6.33. The third-order valence-corrected chi connectivity index (χ3v) is 12.3. The van der Waals surface area contributed by atoms with E-state index in [1.165, 1.54) is 100 Å². The lowest BCUT2D eigenvalue weighted by molar-refractivity contribution is -0.386. The Hall–Kier alpha value is -2.11. The summed E-state index contributed by atoms with van der Waals surface area (Å²) in [5.74, 6) is 0.959. The zero-order valence-electron chi connectivity index (χ0n) is 27.5. The van der Waals surface area contributed by atoms with E-state index in [-0.39, 0.29) is 18.2 Å². The first-order valence-electron chi connectivity index (χ1n) is 17.4. The van der Waals surface area contributed by atoms with Gasteiger partial charge in [-0.2, -0.15) is 0 Å². The number of hydrogen-bond donors (Lipinski definition) is 0. The summed E-state index contributed by atoms with van der Waals surface area (Å²) in [6.07, 6.45) is 18.9. The Morgan fingerprint density at radius 3 is 2.54 bits per heavy atom. The number of halogens is 1. The molecular weight excluding hydrogens is 709 g/mol. The van der Waals surface area contributed by atoms with Crippen LogP contribution >= 0.6 is 33.9 Å². The van der Waals surface area contributed by atoms with Crippen LogP contribution in [0, 0.1) is 5.92 Å². The highest BCUT2D eigenvalue weighted by molar-refractivity contribution is 14.1. The minimum atomic E-state index is -0.640. The fraction of sp³-hybridized carbons (Fsp3) is 0.622. The molecule has 1 unspecified atom stereocenters. The molecule has 2 atom stereocenters. The topological polar surface area (TPSA) is 69.9 Å². The Kier molecular flexibility index (Phi) is 13.3. The predicted octanol–water partition coefficient (Wildman–Crippen LogP) is 8.15. The highest BCUT2D eigenvalue weighted by atomic mass is 127. The molecule has 1 aromatic carbocycles. The number of carbonyl (C=O) groups is 3. The lowest BCUT2D eigenvalue weighted by Gasteiger charge is -2.25. The van der Waals surface area contributed by atoms with Crippen LogP contribution in [0.4, 0.5) is 0 Å². The maximum atomic E-state index is 13.1. The van der Waals surface area contributed by atoms with E-state index in [0.717, 1.165) is 43.7 Å². The number of fused-ring (bicyclic) bond motifs is 1. The number of amides is 3. The Labute approximate surface area is 292 Å². The largest absolute Gasteiger partial charge is 0.488 e. The van der Waals surface area contributed by atoms with Crippen LogP contribution < -0.4 is 4.74 Å². The molecule has 5 rings (SSSR count). The first-order chi connectivity index (χ1) is 22.3. The van der Waals surface area contributed by atoms with Crippen LogP contribution in [-0.4, -0.2) is 62.4 Å². The molecule has 250 valence electrons. The normalized spacial score (nSPS) is 19.7. The molecule has 7 nitrogen and oxygen atoms in total. The van der Waals surface area contributed by atoms with E-state index in [0.29, 0.717) is 25.1 Å². The fourth-order valence-electron chi connectivity index (χ4n) is 7.20. The van der Waals surface area contributed by atoms with Crippen molar-refractivity contribution >= 4 is 58.4 Å². The summed E-state index contributed by atoms with van der Waals surface area (Å²) >= 11 is 4.22. The second kappa shape index (κ2) is 17.3. The molecule has 3 amide bonds. The summed E-state index contributed by atoms with van der Waals surface area (Å²) in [4.78, 5) is 42.5. The van der Waals surface area contributed by atoms with Gasteiger partial charge in [-0.3, -0.25) is 4.79 Å². The maximum absolute atomic E-state index is 13.1. The van der Waals surface area contributed by atoms with Gasteiger partial charge in [0.2, 0.25) is 0 Å². The summed E-state index contributed by atoms with van der Waals surface area (Å²) < 4.78 is 7.88. The first kappa shape index (κ1) is 35.2. The van der Waals surface area contributed by atoms with Gasteiger partial charge < -0.3 is 14.5 Å². The third-order valence-electron chi connectivity index (χ3n) is 10.1. The summed E-state index contributed by atoms with van der Waals surface area (Å²) in [6, 6.07) is 7.66. The predicted molar refractivity (Wildman–Crippen MR) is 193 cm³/mol. The second-order valence-corrected chi connectivity index (χ2v) is 16.3. The molecule has 9 heteroatoms. The van der Waals surface area contributed by atoms with Gasteiger partial charge in [0.15, 0.2) is 6.04 Å². The van der Waals surface area contributed by atoms with Crippen molar-refractivity contribution in [2.75, 3.05) is 13.6 Å². The smallest absolute Gasteiger partial charge is 0.417 e. The van der Waals surface area contributed by atoms with Gasteiger partial charge >= 0.3 is 11.8 Å². The van der Waals surface area contributed by atoms with Crippen molar-refractivity contribution in [3.8, 4) is 5.75 Å². The molecule has 2 fully saturated rings. The van der Waals surface area contributed by atoms with Crippen molar-refractivity contribution in [3.63, 3.8) is 0 Å². The van der Waals surface area contributed by atoms with Crippen LogP contribution in [0.1, 0.15) is 123 Å². The zero-order valence-corrected chi connectivity index (χ0v) is 30.5. The number of piperidine rings is 1. The number of unbranched alkanes of at least 4 members (excludes halogenated alkanes) is 4. The zero-order chi connectivity index (χ0) is 32.5. The average Bonchev–Trinajstić information content (AvgIpc) is 3.61. The van der Waals surface area contributed by atoms with Gasteiger partial charge in [-0.15, -0.1) is 15.9 Å². The van der Waals surface area contributed by atoms with Gasteiger partial charge in [0, 0.05) is 32.8 Å². The minimum absolute atomic E-state index is 0.156. The number of thiophene rings is 1. The molecule has 0 spiro atoms. The van der Waals surface area contributed by atoms with E-state index in [2.05, 4.69) is 53.4 Å². The second-order valence-electron chi connectivity index (χ2n) is 13.6.